The summed E-state index contributed by atoms with van der Waals surface area (Å²) in [5, 5.41) is 3.80. The van der Waals surface area contributed by atoms with Crippen LogP contribution in [-0.2, 0) is 0 Å². The maximum atomic E-state index is 3.80. The van der Waals surface area contributed by atoms with Crippen LogP contribution in [0.25, 0.3) is 0 Å². The molecule has 2 aliphatic carbocycles. The largest absolute Gasteiger partial charge is 0.311 e. The Labute approximate surface area is 125 Å². The third-order valence-corrected chi connectivity index (χ3v) is 6.30. The van der Waals surface area contributed by atoms with Crippen molar-refractivity contribution in [1.29, 1.82) is 0 Å². The first-order valence-corrected chi connectivity index (χ1v) is 9.14. The summed E-state index contributed by atoms with van der Waals surface area (Å²) in [6.07, 6.45) is 8.82. The minimum atomic E-state index is 0.744. The van der Waals surface area contributed by atoms with Crippen LogP contribution in [0.2, 0.25) is 0 Å². The fourth-order valence-electron chi connectivity index (χ4n) is 5.21. The van der Waals surface area contributed by atoms with Gasteiger partial charge in [0, 0.05) is 31.7 Å². The van der Waals surface area contributed by atoms with Crippen molar-refractivity contribution in [2.45, 2.75) is 71.4 Å². The lowest BCUT2D eigenvalue weighted by molar-refractivity contribution is 0.0681. The van der Waals surface area contributed by atoms with Crippen LogP contribution in [0.15, 0.2) is 0 Å². The Morgan fingerprint density at radius 3 is 2.65 bits per heavy atom. The molecule has 2 saturated carbocycles. The normalized spacial score (nSPS) is 41.7. The maximum absolute atomic E-state index is 3.80. The van der Waals surface area contributed by atoms with Crippen molar-refractivity contribution in [2.24, 2.45) is 23.7 Å². The maximum Gasteiger partial charge on any atom is 0.0244 e. The zero-order valence-corrected chi connectivity index (χ0v) is 13.8. The molecule has 0 radical (unpaired) electrons. The van der Waals surface area contributed by atoms with Gasteiger partial charge in [-0.05, 0) is 49.4 Å². The molecule has 20 heavy (non-hydrogen) atoms. The molecule has 1 N–H and O–H groups in total. The van der Waals surface area contributed by atoms with E-state index in [4.69, 9.17) is 0 Å². The lowest BCUT2D eigenvalue weighted by Crippen LogP contribution is -2.59. The number of nitrogens with zero attached hydrogens (tertiary/aromatic N) is 1. The molecule has 0 aromatic carbocycles. The fraction of sp³-hybridized carbons (Fsp3) is 1.00. The van der Waals surface area contributed by atoms with Gasteiger partial charge in [-0.1, -0.05) is 33.6 Å². The van der Waals surface area contributed by atoms with Gasteiger partial charge in [-0.2, -0.15) is 0 Å². The highest BCUT2D eigenvalue weighted by Gasteiger charge is 2.41. The van der Waals surface area contributed by atoms with Gasteiger partial charge in [0.1, 0.15) is 0 Å². The molecule has 3 aliphatic rings. The molecule has 1 aliphatic heterocycles. The number of piperazine rings is 1. The molecule has 5 atom stereocenters. The van der Waals surface area contributed by atoms with E-state index < -0.39 is 0 Å². The van der Waals surface area contributed by atoms with Crippen molar-refractivity contribution in [3.8, 4) is 0 Å². The molecular formula is C18H34N2. The van der Waals surface area contributed by atoms with Gasteiger partial charge in [0.2, 0.25) is 0 Å². The molecule has 3 rings (SSSR count). The van der Waals surface area contributed by atoms with E-state index in [0.29, 0.717) is 0 Å². The predicted molar refractivity (Wildman–Crippen MR) is 85.8 cm³/mol. The average Bonchev–Trinajstić information content (AvgIpc) is 3.01. The SMILES string of the molecule is CCCC1CN(CC2CC3CCC2C3)C(C(C)C)CN1. The monoisotopic (exact) mass is 278 g/mol. The number of hydrogen-bond donors (Lipinski definition) is 1. The first-order valence-electron chi connectivity index (χ1n) is 9.14. The molecule has 1 saturated heterocycles. The highest BCUT2D eigenvalue weighted by atomic mass is 15.2. The first kappa shape index (κ1) is 14.8. The molecular weight excluding hydrogens is 244 g/mol. The summed E-state index contributed by atoms with van der Waals surface area (Å²) in [6.45, 7) is 11.0. The summed E-state index contributed by atoms with van der Waals surface area (Å²) < 4.78 is 0. The molecule has 0 aromatic rings. The number of hydrogen-bond acceptors (Lipinski definition) is 2. The summed E-state index contributed by atoms with van der Waals surface area (Å²) in [6, 6.07) is 1.51. The number of rotatable bonds is 5. The van der Waals surface area contributed by atoms with E-state index >= 15 is 0 Å². The van der Waals surface area contributed by atoms with Gasteiger partial charge in [-0.25, -0.2) is 0 Å². The lowest BCUT2D eigenvalue weighted by atomic mass is 9.87. The van der Waals surface area contributed by atoms with E-state index in [2.05, 4.69) is 31.0 Å². The van der Waals surface area contributed by atoms with Crippen molar-refractivity contribution >= 4 is 0 Å². The third kappa shape index (κ3) is 3.06. The molecule has 0 spiro atoms. The van der Waals surface area contributed by atoms with Crippen LogP contribution in [0.4, 0.5) is 0 Å². The second-order valence-electron chi connectivity index (χ2n) is 8.09. The van der Waals surface area contributed by atoms with Gasteiger partial charge in [0.25, 0.3) is 0 Å². The Bertz CT molecular complexity index is 315. The van der Waals surface area contributed by atoms with Crippen molar-refractivity contribution < 1.29 is 0 Å². The number of nitrogens with one attached hydrogen (secondary N) is 1. The van der Waals surface area contributed by atoms with Gasteiger partial charge in [0.15, 0.2) is 0 Å². The van der Waals surface area contributed by atoms with E-state index in [1.54, 1.807) is 6.42 Å². The molecule has 2 nitrogen and oxygen atoms in total. The van der Waals surface area contributed by atoms with E-state index in [-0.39, 0.29) is 0 Å². The van der Waals surface area contributed by atoms with Crippen LogP contribution < -0.4 is 5.32 Å². The Balaban J connectivity index is 1.60. The zero-order chi connectivity index (χ0) is 14.1. The van der Waals surface area contributed by atoms with E-state index in [1.807, 2.05) is 0 Å². The summed E-state index contributed by atoms with van der Waals surface area (Å²) >= 11 is 0. The van der Waals surface area contributed by atoms with Gasteiger partial charge >= 0.3 is 0 Å². The van der Waals surface area contributed by atoms with Crippen LogP contribution in [-0.4, -0.2) is 36.6 Å². The summed E-state index contributed by atoms with van der Waals surface area (Å²) in [4.78, 5) is 2.87. The van der Waals surface area contributed by atoms with E-state index in [9.17, 15) is 0 Å². The van der Waals surface area contributed by atoms with Gasteiger partial charge in [-0.3, -0.25) is 4.90 Å². The zero-order valence-electron chi connectivity index (χ0n) is 13.8. The summed E-state index contributed by atoms with van der Waals surface area (Å²) in [5.74, 6) is 3.98. The Morgan fingerprint density at radius 1 is 1.20 bits per heavy atom. The smallest absolute Gasteiger partial charge is 0.0244 e. The molecule has 1 heterocycles. The topological polar surface area (TPSA) is 15.3 Å². The van der Waals surface area contributed by atoms with E-state index in [0.717, 1.165) is 35.8 Å². The molecule has 3 fully saturated rings. The van der Waals surface area contributed by atoms with E-state index in [1.165, 1.54) is 51.7 Å². The average molecular weight is 278 g/mol. The standard InChI is InChI=1S/C18H34N2/c1-4-5-17-12-20(18(10-19-17)13(2)3)11-16-9-14-6-7-15(16)8-14/h13-19H,4-12H2,1-3H3. The molecule has 0 aromatic heterocycles. The van der Waals surface area contributed by atoms with Crippen LogP contribution in [0.3, 0.4) is 0 Å². The third-order valence-electron chi connectivity index (χ3n) is 6.30. The van der Waals surface area contributed by atoms with Crippen LogP contribution in [0.1, 0.15) is 59.3 Å². The Morgan fingerprint density at radius 2 is 2.05 bits per heavy atom. The quantitative estimate of drug-likeness (QED) is 0.828. The molecule has 5 unspecified atom stereocenters. The van der Waals surface area contributed by atoms with Gasteiger partial charge in [-0.15, -0.1) is 0 Å². The van der Waals surface area contributed by atoms with Crippen LogP contribution in [0.5, 0.6) is 0 Å². The lowest BCUT2D eigenvalue weighted by Gasteiger charge is -2.44. The highest BCUT2D eigenvalue weighted by Crippen LogP contribution is 2.48. The highest BCUT2D eigenvalue weighted by molar-refractivity contribution is 4.94. The Hall–Kier alpha value is -0.0800. The van der Waals surface area contributed by atoms with Crippen molar-refractivity contribution in [3.63, 3.8) is 0 Å². The molecule has 116 valence electrons. The van der Waals surface area contributed by atoms with Crippen molar-refractivity contribution in [1.82, 2.24) is 10.2 Å². The second-order valence-corrected chi connectivity index (χ2v) is 8.09. The Kier molecular flexibility index (Phi) is 4.72. The summed E-state index contributed by atoms with van der Waals surface area (Å²) in [5.41, 5.74) is 0. The number of fused-ring (bicyclic) bond motifs is 2. The molecule has 0 amide bonds. The predicted octanol–water partition coefficient (Wildman–Crippen LogP) is 3.52. The minimum absolute atomic E-state index is 0.744. The summed E-state index contributed by atoms with van der Waals surface area (Å²) in [7, 11) is 0. The van der Waals surface area contributed by atoms with Crippen LogP contribution >= 0.6 is 0 Å². The van der Waals surface area contributed by atoms with Gasteiger partial charge < -0.3 is 5.32 Å². The fourth-order valence-corrected chi connectivity index (χ4v) is 5.21. The van der Waals surface area contributed by atoms with Gasteiger partial charge in [0.05, 0.1) is 0 Å². The van der Waals surface area contributed by atoms with Crippen LogP contribution in [0, 0.1) is 23.7 Å². The van der Waals surface area contributed by atoms with Crippen molar-refractivity contribution in [3.05, 3.63) is 0 Å². The van der Waals surface area contributed by atoms with Crippen molar-refractivity contribution in [2.75, 3.05) is 19.6 Å². The minimum Gasteiger partial charge on any atom is -0.311 e. The second kappa shape index (κ2) is 6.36. The molecule has 2 heteroatoms. The first-order chi connectivity index (χ1) is 9.67. The molecule has 2 bridgehead atoms.